The van der Waals surface area contributed by atoms with Crippen molar-refractivity contribution in [2.45, 2.75) is 20.4 Å². The summed E-state index contributed by atoms with van der Waals surface area (Å²) in [6, 6.07) is 14.7. The van der Waals surface area contributed by atoms with Crippen molar-refractivity contribution in [2.24, 2.45) is 0 Å². The first-order valence-electron chi connectivity index (χ1n) is 8.20. The summed E-state index contributed by atoms with van der Waals surface area (Å²) in [6.07, 6.45) is 0. The fourth-order valence-electron chi connectivity index (χ4n) is 2.47. The standard InChI is InChI=1S/C19H24N4O2.ClH/c1-3-23(12-15-5-4-6-16(20)11-15)13-19(25)22-18-9-7-17(8-10-18)21-14(2)24;/h4-11H,3,12-13,20H2,1-2H3,(H,21,24)(H,22,25);1H. The number of benzene rings is 2. The van der Waals surface area contributed by atoms with E-state index >= 15 is 0 Å². The number of nitrogen functional groups attached to an aromatic ring is 1. The van der Waals surface area contributed by atoms with Gasteiger partial charge in [0.2, 0.25) is 11.8 Å². The second-order valence-corrected chi connectivity index (χ2v) is 5.86. The summed E-state index contributed by atoms with van der Waals surface area (Å²) in [5.41, 5.74) is 8.99. The molecule has 2 rings (SSSR count). The number of carbonyl (C=O) groups excluding carboxylic acids is 2. The van der Waals surface area contributed by atoms with Crippen LogP contribution in [0.3, 0.4) is 0 Å². The maximum atomic E-state index is 12.3. The van der Waals surface area contributed by atoms with Crippen molar-refractivity contribution in [3.63, 3.8) is 0 Å². The van der Waals surface area contributed by atoms with E-state index in [-0.39, 0.29) is 24.2 Å². The van der Waals surface area contributed by atoms with Crippen LogP contribution in [-0.2, 0) is 16.1 Å². The lowest BCUT2D eigenvalue weighted by atomic mass is 10.2. The lowest BCUT2D eigenvalue weighted by molar-refractivity contribution is -0.117. The second-order valence-electron chi connectivity index (χ2n) is 5.86. The summed E-state index contributed by atoms with van der Waals surface area (Å²) in [5.74, 6) is -0.213. The fraction of sp³-hybridized carbons (Fsp3) is 0.263. The zero-order valence-electron chi connectivity index (χ0n) is 15.0. The fourth-order valence-corrected chi connectivity index (χ4v) is 2.47. The van der Waals surface area contributed by atoms with E-state index in [0.29, 0.717) is 24.5 Å². The molecule has 6 nitrogen and oxygen atoms in total. The Morgan fingerprint density at radius 2 is 1.65 bits per heavy atom. The monoisotopic (exact) mass is 376 g/mol. The lowest BCUT2D eigenvalue weighted by Gasteiger charge is -2.20. The van der Waals surface area contributed by atoms with E-state index in [1.54, 1.807) is 24.3 Å². The molecule has 0 saturated heterocycles. The Balaban J connectivity index is 0.00000338. The average Bonchev–Trinajstić information content (AvgIpc) is 2.55. The van der Waals surface area contributed by atoms with E-state index in [1.165, 1.54) is 6.92 Å². The van der Waals surface area contributed by atoms with Crippen molar-refractivity contribution >= 4 is 41.3 Å². The normalized spacial score (nSPS) is 10.1. The van der Waals surface area contributed by atoms with Crippen LogP contribution in [0, 0.1) is 0 Å². The van der Waals surface area contributed by atoms with Crippen LogP contribution >= 0.6 is 12.4 Å². The highest BCUT2D eigenvalue weighted by Gasteiger charge is 2.10. The number of rotatable bonds is 7. The predicted molar refractivity (Wildman–Crippen MR) is 108 cm³/mol. The largest absolute Gasteiger partial charge is 0.399 e. The number of nitrogens with two attached hydrogens (primary N) is 1. The van der Waals surface area contributed by atoms with E-state index in [0.717, 1.165) is 17.8 Å². The maximum Gasteiger partial charge on any atom is 0.238 e. The van der Waals surface area contributed by atoms with Gasteiger partial charge in [-0.2, -0.15) is 0 Å². The molecule has 0 aliphatic heterocycles. The van der Waals surface area contributed by atoms with E-state index in [9.17, 15) is 9.59 Å². The van der Waals surface area contributed by atoms with Crippen LogP contribution in [0.4, 0.5) is 17.1 Å². The first kappa shape index (κ1) is 21.5. The third kappa shape index (κ3) is 7.13. The zero-order chi connectivity index (χ0) is 18.2. The molecule has 0 heterocycles. The first-order chi connectivity index (χ1) is 12.0. The first-order valence-corrected chi connectivity index (χ1v) is 8.20. The molecule has 26 heavy (non-hydrogen) atoms. The number of hydrogen-bond donors (Lipinski definition) is 3. The molecule has 0 aliphatic rings. The molecule has 140 valence electrons. The molecule has 0 aliphatic carbocycles. The summed E-state index contributed by atoms with van der Waals surface area (Å²) in [6.45, 7) is 5.18. The minimum Gasteiger partial charge on any atom is -0.399 e. The van der Waals surface area contributed by atoms with Crippen molar-refractivity contribution in [1.29, 1.82) is 0 Å². The third-order valence-electron chi connectivity index (χ3n) is 3.66. The Kier molecular flexibility index (Phi) is 8.61. The number of nitrogens with zero attached hydrogens (tertiary/aromatic N) is 1. The van der Waals surface area contributed by atoms with Crippen LogP contribution in [0.25, 0.3) is 0 Å². The molecule has 2 amide bonds. The van der Waals surface area contributed by atoms with Gasteiger partial charge in [0, 0.05) is 30.5 Å². The van der Waals surface area contributed by atoms with Crippen molar-refractivity contribution in [2.75, 3.05) is 29.5 Å². The maximum absolute atomic E-state index is 12.3. The van der Waals surface area contributed by atoms with E-state index in [4.69, 9.17) is 5.73 Å². The molecule has 0 spiro atoms. The van der Waals surface area contributed by atoms with Gasteiger partial charge in [0.1, 0.15) is 0 Å². The molecule has 7 heteroatoms. The number of hydrogen-bond acceptors (Lipinski definition) is 4. The Morgan fingerprint density at radius 3 is 2.19 bits per heavy atom. The van der Waals surface area contributed by atoms with Gasteiger partial charge in [-0.05, 0) is 48.5 Å². The molecule has 2 aromatic rings. The Morgan fingerprint density at radius 1 is 1.04 bits per heavy atom. The quantitative estimate of drug-likeness (QED) is 0.648. The van der Waals surface area contributed by atoms with Crippen LogP contribution in [-0.4, -0.2) is 29.8 Å². The Hall–Kier alpha value is -2.57. The van der Waals surface area contributed by atoms with Gasteiger partial charge in [0.15, 0.2) is 0 Å². The summed E-state index contributed by atoms with van der Waals surface area (Å²) in [7, 11) is 0. The van der Waals surface area contributed by atoms with Gasteiger partial charge in [0.25, 0.3) is 0 Å². The zero-order valence-corrected chi connectivity index (χ0v) is 15.8. The van der Waals surface area contributed by atoms with Gasteiger partial charge in [-0.3, -0.25) is 14.5 Å². The number of carbonyl (C=O) groups is 2. The highest BCUT2D eigenvalue weighted by molar-refractivity contribution is 5.93. The predicted octanol–water partition coefficient (Wildman–Crippen LogP) is 3.11. The van der Waals surface area contributed by atoms with Gasteiger partial charge in [-0.25, -0.2) is 0 Å². The minimum absolute atomic E-state index is 0. The summed E-state index contributed by atoms with van der Waals surface area (Å²) >= 11 is 0. The third-order valence-corrected chi connectivity index (χ3v) is 3.66. The van der Waals surface area contributed by atoms with Crippen LogP contribution in [0.15, 0.2) is 48.5 Å². The summed E-state index contributed by atoms with van der Waals surface area (Å²) in [5, 5.41) is 5.55. The molecular formula is C19H25ClN4O2. The van der Waals surface area contributed by atoms with Crippen molar-refractivity contribution in [1.82, 2.24) is 4.90 Å². The molecular weight excluding hydrogens is 352 g/mol. The van der Waals surface area contributed by atoms with Gasteiger partial charge in [-0.1, -0.05) is 19.1 Å². The molecule has 0 radical (unpaired) electrons. The van der Waals surface area contributed by atoms with E-state index in [1.807, 2.05) is 36.1 Å². The van der Waals surface area contributed by atoms with Crippen LogP contribution < -0.4 is 16.4 Å². The van der Waals surface area contributed by atoms with Gasteiger partial charge in [0.05, 0.1) is 6.54 Å². The number of anilines is 3. The van der Waals surface area contributed by atoms with Crippen LogP contribution in [0.1, 0.15) is 19.4 Å². The molecule has 0 atom stereocenters. The van der Waals surface area contributed by atoms with Gasteiger partial charge in [-0.15, -0.1) is 12.4 Å². The number of nitrogens with one attached hydrogen (secondary N) is 2. The highest BCUT2D eigenvalue weighted by atomic mass is 35.5. The summed E-state index contributed by atoms with van der Waals surface area (Å²) < 4.78 is 0. The molecule has 0 fully saturated rings. The smallest absolute Gasteiger partial charge is 0.238 e. The minimum atomic E-state index is -0.128. The van der Waals surface area contributed by atoms with Crippen molar-refractivity contribution in [3.05, 3.63) is 54.1 Å². The molecule has 0 aromatic heterocycles. The van der Waals surface area contributed by atoms with Crippen LogP contribution in [0.2, 0.25) is 0 Å². The second kappa shape index (κ2) is 10.4. The van der Waals surface area contributed by atoms with E-state index < -0.39 is 0 Å². The average molecular weight is 377 g/mol. The molecule has 0 saturated carbocycles. The van der Waals surface area contributed by atoms with Crippen LogP contribution in [0.5, 0.6) is 0 Å². The van der Waals surface area contributed by atoms with Crippen molar-refractivity contribution in [3.8, 4) is 0 Å². The number of likely N-dealkylation sites (N-methyl/N-ethyl adjacent to an activating group) is 1. The van der Waals surface area contributed by atoms with Gasteiger partial charge < -0.3 is 16.4 Å². The number of amides is 2. The Bertz CT molecular complexity index is 735. The molecule has 0 unspecified atom stereocenters. The SMILES string of the molecule is CCN(CC(=O)Nc1ccc(NC(C)=O)cc1)Cc1cccc(N)c1.Cl. The Labute approximate surface area is 160 Å². The van der Waals surface area contributed by atoms with Gasteiger partial charge >= 0.3 is 0 Å². The topological polar surface area (TPSA) is 87.5 Å². The lowest BCUT2D eigenvalue weighted by Crippen LogP contribution is -2.32. The highest BCUT2D eigenvalue weighted by Crippen LogP contribution is 2.14. The van der Waals surface area contributed by atoms with Crippen molar-refractivity contribution < 1.29 is 9.59 Å². The number of halogens is 1. The molecule has 0 bridgehead atoms. The summed E-state index contributed by atoms with van der Waals surface area (Å²) in [4.78, 5) is 25.3. The van der Waals surface area contributed by atoms with E-state index in [2.05, 4.69) is 10.6 Å². The molecule has 2 aromatic carbocycles. The molecule has 4 N–H and O–H groups in total.